The first-order chi connectivity index (χ1) is 8.62. The van der Waals surface area contributed by atoms with Crippen molar-refractivity contribution in [3.63, 3.8) is 0 Å². The van der Waals surface area contributed by atoms with Gasteiger partial charge in [0, 0.05) is 19.5 Å². The first-order valence-electron chi connectivity index (χ1n) is 5.80. The molecule has 5 nitrogen and oxygen atoms in total. The molecular formula is C13H20N2O3. The van der Waals surface area contributed by atoms with E-state index in [9.17, 15) is 4.79 Å². The van der Waals surface area contributed by atoms with E-state index in [0.717, 1.165) is 11.1 Å². The zero-order valence-corrected chi connectivity index (χ0v) is 11.1. The smallest absolute Gasteiger partial charge is 0.221 e. The lowest BCUT2D eigenvalue weighted by molar-refractivity contribution is -0.121. The van der Waals surface area contributed by atoms with Crippen LogP contribution in [0.2, 0.25) is 0 Å². The number of nitrogens with two attached hydrogens (primary N) is 1. The number of carbonyl (C=O) groups is 1. The predicted molar refractivity (Wildman–Crippen MR) is 69.8 cm³/mol. The van der Waals surface area contributed by atoms with E-state index in [1.165, 1.54) is 0 Å². The van der Waals surface area contributed by atoms with Crippen molar-refractivity contribution in [2.75, 3.05) is 20.8 Å². The minimum absolute atomic E-state index is 0.0494. The molecule has 0 aliphatic rings. The van der Waals surface area contributed by atoms with Crippen LogP contribution in [0.4, 0.5) is 0 Å². The average Bonchev–Trinajstić information content (AvgIpc) is 2.37. The van der Waals surface area contributed by atoms with E-state index in [4.69, 9.17) is 15.2 Å². The van der Waals surface area contributed by atoms with Crippen LogP contribution in [0.3, 0.4) is 0 Å². The van der Waals surface area contributed by atoms with Crippen LogP contribution in [-0.2, 0) is 11.3 Å². The highest BCUT2D eigenvalue weighted by Gasteiger charge is 2.09. The highest BCUT2D eigenvalue weighted by atomic mass is 16.5. The summed E-state index contributed by atoms with van der Waals surface area (Å²) in [6.45, 7) is 2.79. The summed E-state index contributed by atoms with van der Waals surface area (Å²) in [6, 6.07) is 3.76. The van der Waals surface area contributed by atoms with E-state index in [2.05, 4.69) is 5.32 Å². The monoisotopic (exact) mass is 252 g/mol. The Morgan fingerprint density at radius 2 is 1.89 bits per heavy atom. The number of hydrogen-bond acceptors (Lipinski definition) is 4. The van der Waals surface area contributed by atoms with Crippen molar-refractivity contribution >= 4 is 5.91 Å². The predicted octanol–water partition coefficient (Wildman–Crippen LogP) is 0.977. The van der Waals surface area contributed by atoms with Crippen LogP contribution in [0.15, 0.2) is 12.1 Å². The first kappa shape index (κ1) is 14.3. The van der Waals surface area contributed by atoms with Crippen molar-refractivity contribution in [1.82, 2.24) is 5.32 Å². The molecule has 0 saturated carbocycles. The molecule has 0 radical (unpaired) electrons. The molecule has 0 bridgehead atoms. The van der Waals surface area contributed by atoms with Crippen LogP contribution >= 0.6 is 0 Å². The number of rotatable bonds is 6. The van der Waals surface area contributed by atoms with Gasteiger partial charge < -0.3 is 20.5 Å². The summed E-state index contributed by atoms with van der Waals surface area (Å²) in [5.74, 6) is 1.30. The van der Waals surface area contributed by atoms with Gasteiger partial charge >= 0.3 is 0 Å². The van der Waals surface area contributed by atoms with Gasteiger partial charge in [-0.05, 0) is 30.2 Å². The highest BCUT2D eigenvalue weighted by molar-refractivity contribution is 5.76. The molecule has 100 valence electrons. The molecule has 0 spiro atoms. The van der Waals surface area contributed by atoms with E-state index in [0.29, 0.717) is 31.0 Å². The Bertz CT molecular complexity index is 419. The van der Waals surface area contributed by atoms with E-state index in [1.54, 1.807) is 14.2 Å². The number of hydrogen-bond donors (Lipinski definition) is 2. The summed E-state index contributed by atoms with van der Waals surface area (Å²) in [4.78, 5) is 11.4. The molecule has 0 atom stereocenters. The Morgan fingerprint density at radius 3 is 2.44 bits per heavy atom. The maximum atomic E-state index is 11.4. The lowest BCUT2D eigenvalue weighted by Gasteiger charge is -2.13. The van der Waals surface area contributed by atoms with Gasteiger partial charge in [-0.1, -0.05) is 0 Å². The van der Waals surface area contributed by atoms with Gasteiger partial charge in [0.15, 0.2) is 11.5 Å². The molecule has 1 rings (SSSR count). The summed E-state index contributed by atoms with van der Waals surface area (Å²) < 4.78 is 10.4. The SMILES string of the molecule is COc1cc(C)c(CNC(=O)CCN)cc1OC. The molecule has 5 heteroatoms. The normalized spacial score (nSPS) is 10.0. The number of benzene rings is 1. The van der Waals surface area contributed by atoms with Crippen molar-refractivity contribution in [3.05, 3.63) is 23.3 Å². The van der Waals surface area contributed by atoms with Crippen molar-refractivity contribution < 1.29 is 14.3 Å². The van der Waals surface area contributed by atoms with Gasteiger partial charge in [0.1, 0.15) is 0 Å². The van der Waals surface area contributed by atoms with Gasteiger partial charge in [0.25, 0.3) is 0 Å². The molecule has 0 unspecified atom stereocenters. The molecule has 1 amide bonds. The summed E-state index contributed by atoms with van der Waals surface area (Å²) in [5.41, 5.74) is 7.35. The minimum Gasteiger partial charge on any atom is -0.493 e. The second-order valence-corrected chi connectivity index (χ2v) is 3.95. The summed E-state index contributed by atoms with van der Waals surface area (Å²) >= 11 is 0. The zero-order valence-electron chi connectivity index (χ0n) is 11.1. The minimum atomic E-state index is -0.0494. The maximum Gasteiger partial charge on any atom is 0.221 e. The number of methoxy groups -OCH3 is 2. The molecule has 0 aliphatic carbocycles. The zero-order chi connectivity index (χ0) is 13.5. The largest absolute Gasteiger partial charge is 0.493 e. The molecule has 1 aromatic carbocycles. The Labute approximate surface area is 107 Å². The van der Waals surface area contributed by atoms with Gasteiger partial charge in [0.05, 0.1) is 14.2 Å². The average molecular weight is 252 g/mol. The number of carbonyl (C=O) groups excluding carboxylic acids is 1. The topological polar surface area (TPSA) is 73.6 Å². The lowest BCUT2D eigenvalue weighted by Crippen LogP contribution is -2.25. The Hall–Kier alpha value is -1.75. The number of amides is 1. The van der Waals surface area contributed by atoms with Crippen molar-refractivity contribution in [3.8, 4) is 11.5 Å². The molecule has 0 aliphatic heterocycles. The fourth-order valence-electron chi connectivity index (χ4n) is 1.63. The first-order valence-corrected chi connectivity index (χ1v) is 5.80. The summed E-state index contributed by atoms with van der Waals surface area (Å²) in [5, 5.41) is 2.81. The molecule has 1 aromatic rings. The molecular weight excluding hydrogens is 232 g/mol. The van der Waals surface area contributed by atoms with Crippen molar-refractivity contribution in [1.29, 1.82) is 0 Å². The van der Waals surface area contributed by atoms with Crippen LogP contribution in [0.1, 0.15) is 17.5 Å². The highest BCUT2D eigenvalue weighted by Crippen LogP contribution is 2.30. The fraction of sp³-hybridized carbons (Fsp3) is 0.462. The van der Waals surface area contributed by atoms with Gasteiger partial charge in [0.2, 0.25) is 5.91 Å². The molecule has 0 fully saturated rings. The van der Waals surface area contributed by atoms with Crippen LogP contribution in [0, 0.1) is 6.92 Å². The second kappa shape index (κ2) is 6.86. The molecule has 0 aromatic heterocycles. The summed E-state index contributed by atoms with van der Waals surface area (Å²) in [6.07, 6.45) is 0.340. The van der Waals surface area contributed by atoms with E-state index in [-0.39, 0.29) is 5.91 Å². The van der Waals surface area contributed by atoms with Crippen LogP contribution < -0.4 is 20.5 Å². The van der Waals surface area contributed by atoms with Crippen molar-refractivity contribution in [2.24, 2.45) is 5.73 Å². The van der Waals surface area contributed by atoms with E-state index < -0.39 is 0 Å². The number of nitrogens with one attached hydrogen (secondary N) is 1. The third-order valence-electron chi connectivity index (χ3n) is 2.69. The van der Waals surface area contributed by atoms with Gasteiger partial charge in [-0.25, -0.2) is 0 Å². The van der Waals surface area contributed by atoms with Crippen LogP contribution in [0.25, 0.3) is 0 Å². The Kier molecular flexibility index (Phi) is 5.45. The quantitative estimate of drug-likeness (QED) is 0.791. The third-order valence-corrected chi connectivity index (χ3v) is 2.69. The third kappa shape index (κ3) is 3.63. The fourth-order valence-corrected chi connectivity index (χ4v) is 1.63. The molecule has 0 saturated heterocycles. The Morgan fingerprint density at radius 1 is 1.28 bits per heavy atom. The Balaban J connectivity index is 2.79. The standard InChI is InChI=1S/C13H20N2O3/c1-9-6-11(17-2)12(18-3)7-10(9)8-15-13(16)4-5-14/h6-7H,4-5,8,14H2,1-3H3,(H,15,16). The molecule has 18 heavy (non-hydrogen) atoms. The van der Waals surface area contributed by atoms with Crippen molar-refractivity contribution in [2.45, 2.75) is 19.9 Å². The van der Waals surface area contributed by atoms with E-state index in [1.807, 2.05) is 19.1 Å². The van der Waals surface area contributed by atoms with Gasteiger partial charge in [-0.2, -0.15) is 0 Å². The summed E-state index contributed by atoms with van der Waals surface area (Å²) in [7, 11) is 3.18. The number of aryl methyl sites for hydroxylation is 1. The number of ether oxygens (including phenoxy) is 2. The second-order valence-electron chi connectivity index (χ2n) is 3.95. The maximum absolute atomic E-state index is 11.4. The van der Waals surface area contributed by atoms with Gasteiger partial charge in [-0.3, -0.25) is 4.79 Å². The van der Waals surface area contributed by atoms with Crippen LogP contribution in [-0.4, -0.2) is 26.7 Å². The van der Waals surface area contributed by atoms with Crippen LogP contribution in [0.5, 0.6) is 11.5 Å². The molecule has 0 heterocycles. The van der Waals surface area contributed by atoms with Gasteiger partial charge in [-0.15, -0.1) is 0 Å². The van der Waals surface area contributed by atoms with E-state index >= 15 is 0 Å². The molecule has 3 N–H and O–H groups in total. The lowest BCUT2D eigenvalue weighted by atomic mass is 10.1.